The molecule has 3 heterocycles. The van der Waals surface area contributed by atoms with Gasteiger partial charge in [-0.05, 0) is 30.9 Å². The molecule has 2 aliphatic heterocycles. The first-order valence-electron chi connectivity index (χ1n) is 10.5. The van der Waals surface area contributed by atoms with E-state index in [0.717, 1.165) is 68.9 Å². The molecule has 2 aliphatic rings. The molecule has 2 aromatic rings. The van der Waals surface area contributed by atoms with Crippen molar-refractivity contribution in [3.63, 3.8) is 0 Å². The summed E-state index contributed by atoms with van der Waals surface area (Å²) in [5.41, 5.74) is 1.27. The van der Waals surface area contributed by atoms with Crippen LogP contribution in [0.1, 0.15) is 19.8 Å². The summed E-state index contributed by atoms with van der Waals surface area (Å²) >= 11 is 1.52. The van der Waals surface area contributed by atoms with Crippen molar-refractivity contribution in [3.05, 3.63) is 42.7 Å². The van der Waals surface area contributed by atoms with Gasteiger partial charge in [-0.25, -0.2) is 9.97 Å². The van der Waals surface area contributed by atoms with Crippen molar-refractivity contribution in [3.8, 4) is 0 Å². The van der Waals surface area contributed by atoms with Crippen molar-refractivity contribution in [1.82, 2.24) is 14.9 Å². The number of amides is 1. The highest BCUT2D eigenvalue weighted by Gasteiger charge is 2.21. The number of aromatic nitrogens is 2. The molecule has 4 rings (SSSR count). The van der Waals surface area contributed by atoms with Crippen LogP contribution in [0, 0.1) is 5.92 Å². The maximum Gasteiger partial charge on any atom is 0.232 e. The number of likely N-dealkylation sites (tertiary alicyclic amines) is 1. The van der Waals surface area contributed by atoms with E-state index in [1.54, 1.807) is 6.33 Å². The molecular formula is C22H29N5OS. The number of benzene rings is 1. The SMILES string of the molecule is CC1CCN(C(=O)CSc2cc(N3CCN(c4ccccc4)CC3)ncn2)CC1. The van der Waals surface area contributed by atoms with Crippen LogP contribution in [0.25, 0.3) is 0 Å². The Hall–Kier alpha value is -2.28. The number of anilines is 2. The van der Waals surface area contributed by atoms with E-state index in [1.807, 2.05) is 11.0 Å². The van der Waals surface area contributed by atoms with Gasteiger partial charge >= 0.3 is 0 Å². The Morgan fingerprint density at radius 1 is 1.00 bits per heavy atom. The Bertz CT molecular complexity index is 802. The lowest BCUT2D eigenvalue weighted by molar-refractivity contribution is -0.129. The second-order valence-electron chi connectivity index (χ2n) is 7.88. The summed E-state index contributed by atoms with van der Waals surface area (Å²) in [5, 5.41) is 0.874. The van der Waals surface area contributed by atoms with Gasteiger partial charge in [-0.2, -0.15) is 0 Å². The maximum absolute atomic E-state index is 12.5. The minimum atomic E-state index is 0.221. The monoisotopic (exact) mass is 411 g/mol. The van der Waals surface area contributed by atoms with Crippen molar-refractivity contribution < 1.29 is 4.79 Å². The summed E-state index contributed by atoms with van der Waals surface area (Å²) in [6.45, 7) is 7.85. The minimum Gasteiger partial charge on any atom is -0.368 e. The van der Waals surface area contributed by atoms with Crippen molar-refractivity contribution in [1.29, 1.82) is 0 Å². The van der Waals surface area contributed by atoms with Gasteiger partial charge in [-0.3, -0.25) is 4.79 Å². The fraction of sp³-hybridized carbons (Fsp3) is 0.500. The number of hydrogen-bond acceptors (Lipinski definition) is 6. The first kappa shape index (κ1) is 20.0. The van der Waals surface area contributed by atoms with E-state index in [-0.39, 0.29) is 5.91 Å². The van der Waals surface area contributed by atoms with Gasteiger partial charge in [-0.1, -0.05) is 36.9 Å². The van der Waals surface area contributed by atoms with Gasteiger partial charge in [0.25, 0.3) is 0 Å². The van der Waals surface area contributed by atoms with Gasteiger partial charge in [0.2, 0.25) is 5.91 Å². The molecular weight excluding hydrogens is 382 g/mol. The summed E-state index contributed by atoms with van der Waals surface area (Å²) in [7, 11) is 0. The van der Waals surface area contributed by atoms with Crippen LogP contribution in [0.3, 0.4) is 0 Å². The Kier molecular flexibility index (Phi) is 6.54. The number of carbonyl (C=O) groups is 1. The van der Waals surface area contributed by atoms with Gasteiger partial charge in [0.05, 0.1) is 5.75 Å². The third kappa shape index (κ3) is 5.21. The first-order valence-corrected chi connectivity index (χ1v) is 11.4. The second kappa shape index (κ2) is 9.48. The average Bonchev–Trinajstić information content (AvgIpc) is 2.79. The zero-order valence-electron chi connectivity index (χ0n) is 17.0. The van der Waals surface area contributed by atoms with Gasteiger partial charge in [0.1, 0.15) is 17.2 Å². The van der Waals surface area contributed by atoms with Crippen LogP contribution in [0.2, 0.25) is 0 Å². The number of nitrogens with zero attached hydrogens (tertiary/aromatic N) is 5. The van der Waals surface area contributed by atoms with Crippen molar-refractivity contribution in [2.75, 3.05) is 54.8 Å². The highest BCUT2D eigenvalue weighted by Crippen LogP contribution is 2.23. The molecule has 1 amide bonds. The molecule has 29 heavy (non-hydrogen) atoms. The molecule has 0 spiro atoms. The van der Waals surface area contributed by atoms with Crippen LogP contribution in [0.15, 0.2) is 47.8 Å². The molecule has 0 radical (unpaired) electrons. The Labute approximate surface area is 177 Å². The molecule has 0 bridgehead atoms. The minimum absolute atomic E-state index is 0.221. The van der Waals surface area contributed by atoms with Gasteiger partial charge in [0.15, 0.2) is 0 Å². The smallest absolute Gasteiger partial charge is 0.232 e. The number of hydrogen-bond donors (Lipinski definition) is 0. The standard InChI is InChI=1S/C22H29N5OS/c1-18-7-9-27(10-8-18)22(28)16-29-21-15-20(23-17-24-21)26-13-11-25(12-14-26)19-5-3-2-4-6-19/h2-6,15,17-18H,7-14,16H2,1H3. The lowest BCUT2D eigenvalue weighted by Gasteiger charge is -2.36. The maximum atomic E-state index is 12.5. The number of para-hydroxylation sites is 1. The molecule has 1 aromatic heterocycles. The summed E-state index contributed by atoms with van der Waals surface area (Å²) in [6.07, 6.45) is 3.85. The summed E-state index contributed by atoms with van der Waals surface area (Å²) < 4.78 is 0. The van der Waals surface area contributed by atoms with Crippen molar-refractivity contribution >= 4 is 29.2 Å². The third-order valence-electron chi connectivity index (χ3n) is 5.83. The summed E-state index contributed by atoms with van der Waals surface area (Å²) in [6, 6.07) is 12.6. The fourth-order valence-electron chi connectivity index (χ4n) is 3.90. The normalized spacial score (nSPS) is 18.2. The molecule has 7 heteroatoms. The Balaban J connectivity index is 1.29. The van der Waals surface area contributed by atoms with E-state index in [2.05, 4.69) is 57.0 Å². The predicted octanol–water partition coefficient (Wildman–Crippen LogP) is 3.15. The number of piperazine rings is 1. The van der Waals surface area contributed by atoms with E-state index in [1.165, 1.54) is 17.4 Å². The highest BCUT2D eigenvalue weighted by atomic mass is 32.2. The lowest BCUT2D eigenvalue weighted by Crippen LogP contribution is -2.46. The van der Waals surface area contributed by atoms with E-state index >= 15 is 0 Å². The first-order chi connectivity index (χ1) is 14.2. The second-order valence-corrected chi connectivity index (χ2v) is 8.87. The van der Waals surface area contributed by atoms with Crippen LogP contribution in [-0.4, -0.2) is 65.8 Å². The summed E-state index contributed by atoms with van der Waals surface area (Å²) in [4.78, 5) is 28.0. The fourth-order valence-corrected chi connectivity index (χ4v) is 4.66. The lowest BCUT2D eigenvalue weighted by atomic mass is 9.99. The van der Waals surface area contributed by atoms with E-state index in [4.69, 9.17) is 0 Å². The third-order valence-corrected chi connectivity index (χ3v) is 6.74. The van der Waals surface area contributed by atoms with Gasteiger partial charge in [0, 0.05) is 51.0 Å². The molecule has 0 unspecified atom stereocenters. The number of thioether (sulfide) groups is 1. The van der Waals surface area contributed by atoms with Crippen molar-refractivity contribution in [2.45, 2.75) is 24.8 Å². The molecule has 0 N–H and O–H groups in total. The topological polar surface area (TPSA) is 52.6 Å². The highest BCUT2D eigenvalue weighted by molar-refractivity contribution is 7.99. The largest absolute Gasteiger partial charge is 0.368 e. The van der Waals surface area contributed by atoms with Gasteiger partial charge < -0.3 is 14.7 Å². The predicted molar refractivity (Wildman–Crippen MR) is 119 cm³/mol. The molecule has 0 aliphatic carbocycles. The van der Waals surface area contributed by atoms with E-state index in [0.29, 0.717) is 5.75 Å². The molecule has 2 fully saturated rings. The molecule has 2 saturated heterocycles. The molecule has 0 saturated carbocycles. The number of carbonyl (C=O) groups excluding carboxylic acids is 1. The van der Waals surface area contributed by atoms with Crippen LogP contribution < -0.4 is 9.80 Å². The average molecular weight is 412 g/mol. The van der Waals surface area contributed by atoms with E-state index in [9.17, 15) is 4.79 Å². The Morgan fingerprint density at radius 2 is 1.69 bits per heavy atom. The Morgan fingerprint density at radius 3 is 2.41 bits per heavy atom. The zero-order chi connectivity index (χ0) is 20.1. The molecule has 154 valence electrons. The molecule has 6 nitrogen and oxygen atoms in total. The van der Waals surface area contributed by atoms with Crippen LogP contribution in [0.5, 0.6) is 0 Å². The number of rotatable bonds is 5. The molecule has 0 atom stereocenters. The quantitative estimate of drug-likeness (QED) is 0.557. The zero-order valence-corrected chi connectivity index (χ0v) is 17.9. The van der Waals surface area contributed by atoms with E-state index < -0.39 is 0 Å². The molecule has 1 aromatic carbocycles. The number of piperidine rings is 1. The van der Waals surface area contributed by atoms with Gasteiger partial charge in [-0.15, -0.1) is 0 Å². The van der Waals surface area contributed by atoms with Crippen molar-refractivity contribution in [2.24, 2.45) is 5.92 Å². The van der Waals surface area contributed by atoms with Crippen LogP contribution >= 0.6 is 11.8 Å². The van der Waals surface area contributed by atoms with Crippen LogP contribution in [0.4, 0.5) is 11.5 Å². The van der Waals surface area contributed by atoms with Crippen LogP contribution in [-0.2, 0) is 4.79 Å². The summed E-state index contributed by atoms with van der Waals surface area (Å²) in [5.74, 6) is 2.36.